The van der Waals surface area contributed by atoms with Crippen LogP contribution in [0.5, 0.6) is 0 Å². The van der Waals surface area contributed by atoms with Gasteiger partial charge < -0.3 is 19.3 Å². The molecular formula is C37H64O6. The van der Waals surface area contributed by atoms with Crippen molar-refractivity contribution in [1.82, 2.24) is 0 Å². The van der Waals surface area contributed by atoms with Gasteiger partial charge in [0, 0.05) is 12.8 Å². The third-order valence-corrected chi connectivity index (χ3v) is 7.77. The Balaban J connectivity index is 1.97. The van der Waals surface area contributed by atoms with Crippen molar-refractivity contribution < 1.29 is 28.9 Å². The molecule has 0 amide bonds. The number of aliphatic hydroxyl groups is 1. The minimum absolute atomic E-state index is 0.0912. The maximum Gasteiger partial charge on any atom is 0.306 e. The zero-order valence-corrected chi connectivity index (χ0v) is 27.8. The van der Waals surface area contributed by atoms with Crippen molar-refractivity contribution in [2.24, 2.45) is 5.92 Å². The zero-order chi connectivity index (χ0) is 31.4. The van der Waals surface area contributed by atoms with Gasteiger partial charge in [-0.25, -0.2) is 0 Å². The highest BCUT2D eigenvalue weighted by molar-refractivity contribution is 5.70. The van der Waals surface area contributed by atoms with E-state index in [-0.39, 0.29) is 31.6 Å². The summed E-state index contributed by atoms with van der Waals surface area (Å²) in [5.41, 5.74) is 0. The molecule has 3 atom stereocenters. The number of epoxide rings is 1. The van der Waals surface area contributed by atoms with E-state index in [4.69, 9.17) is 14.2 Å². The smallest absolute Gasteiger partial charge is 0.306 e. The summed E-state index contributed by atoms with van der Waals surface area (Å²) in [6.07, 6.45) is 33.8. The summed E-state index contributed by atoms with van der Waals surface area (Å²) in [7, 11) is 0. The first-order valence-corrected chi connectivity index (χ1v) is 17.5. The van der Waals surface area contributed by atoms with Crippen molar-refractivity contribution >= 4 is 11.9 Å². The lowest BCUT2D eigenvalue weighted by atomic mass is 10.0. The van der Waals surface area contributed by atoms with E-state index in [1.807, 2.05) is 0 Å². The minimum Gasteiger partial charge on any atom is -0.462 e. The van der Waals surface area contributed by atoms with Crippen molar-refractivity contribution in [2.75, 3.05) is 13.2 Å². The Kier molecular flexibility index (Phi) is 25.1. The SMILES string of the molecule is CCCCC/C=C\CC1OC1C/C=C\C/C=C\CCCC(=O)O[C@@H](CO)COC(=O)CCCCCCCCCCC(C)C. The topological polar surface area (TPSA) is 85.4 Å². The highest BCUT2D eigenvalue weighted by Gasteiger charge is 2.35. The fourth-order valence-electron chi connectivity index (χ4n) is 4.95. The largest absolute Gasteiger partial charge is 0.462 e. The summed E-state index contributed by atoms with van der Waals surface area (Å²) in [5, 5.41) is 9.51. The van der Waals surface area contributed by atoms with E-state index < -0.39 is 6.10 Å². The average Bonchev–Trinajstić information content (AvgIpc) is 3.74. The molecule has 1 N–H and O–H groups in total. The van der Waals surface area contributed by atoms with Gasteiger partial charge in [-0.1, -0.05) is 121 Å². The number of carbonyl (C=O) groups is 2. The van der Waals surface area contributed by atoms with Gasteiger partial charge >= 0.3 is 11.9 Å². The molecule has 1 aliphatic rings. The molecule has 0 aromatic heterocycles. The van der Waals surface area contributed by atoms with Crippen LogP contribution in [0.25, 0.3) is 0 Å². The quantitative estimate of drug-likeness (QED) is 0.0396. The highest BCUT2D eigenvalue weighted by atomic mass is 16.6. The molecular weight excluding hydrogens is 540 g/mol. The third kappa shape index (κ3) is 25.1. The first kappa shape index (κ1) is 39.1. The van der Waals surface area contributed by atoms with Crippen molar-refractivity contribution in [3.63, 3.8) is 0 Å². The lowest BCUT2D eigenvalue weighted by Crippen LogP contribution is -2.28. The molecule has 1 heterocycles. The molecule has 6 heteroatoms. The first-order chi connectivity index (χ1) is 21.0. The number of unbranched alkanes of at least 4 members (excludes halogenated alkanes) is 11. The second-order valence-corrected chi connectivity index (χ2v) is 12.5. The molecule has 0 aromatic rings. The number of hydrogen-bond acceptors (Lipinski definition) is 6. The molecule has 1 fully saturated rings. The van der Waals surface area contributed by atoms with Crippen LogP contribution in [0.1, 0.15) is 149 Å². The molecule has 0 aliphatic carbocycles. The van der Waals surface area contributed by atoms with Crippen molar-refractivity contribution in [3.05, 3.63) is 36.5 Å². The summed E-state index contributed by atoms with van der Waals surface area (Å²) in [6, 6.07) is 0. The van der Waals surface area contributed by atoms with Gasteiger partial charge in [-0.05, 0) is 57.3 Å². The van der Waals surface area contributed by atoms with Crippen LogP contribution in [0.2, 0.25) is 0 Å². The molecule has 43 heavy (non-hydrogen) atoms. The van der Waals surface area contributed by atoms with E-state index in [1.54, 1.807) is 0 Å². The van der Waals surface area contributed by atoms with Crippen LogP contribution in [-0.2, 0) is 23.8 Å². The number of aliphatic hydroxyl groups excluding tert-OH is 1. The van der Waals surface area contributed by atoms with Crippen LogP contribution in [0.15, 0.2) is 36.5 Å². The Morgan fingerprint density at radius 2 is 1.30 bits per heavy atom. The van der Waals surface area contributed by atoms with Gasteiger partial charge in [-0.2, -0.15) is 0 Å². The van der Waals surface area contributed by atoms with E-state index in [2.05, 4.69) is 57.2 Å². The molecule has 1 aliphatic heterocycles. The highest BCUT2D eigenvalue weighted by Crippen LogP contribution is 2.29. The second kappa shape index (κ2) is 27.6. The molecule has 0 radical (unpaired) electrons. The van der Waals surface area contributed by atoms with Crippen molar-refractivity contribution in [1.29, 1.82) is 0 Å². The standard InChI is InChI=1S/C37H64O6/c1-4-5-6-7-16-21-26-34-35(43-34)27-22-17-12-10-14-19-24-29-37(40)42-33(30-38)31-41-36(39)28-23-18-13-9-8-11-15-20-25-32(2)3/h10,14,16-17,21-22,32-35,38H,4-9,11-13,15,18-20,23-31H2,1-3H3/b14-10-,21-16-,22-17-/t33-,34?,35?/m0/s1. The summed E-state index contributed by atoms with van der Waals surface area (Å²) < 4.78 is 16.2. The van der Waals surface area contributed by atoms with E-state index in [0.717, 1.165) is 50.9 Å². The molecule has 2 unspecified atom stereocenters. The molecule has 1 rings (SSSR count). The number of ether oxygens (including phenoxy) is 3. The second-order valence-electron chi connectivity index (χ2n) is 12.5. The predicted octanol–water partition coefficient (Wildman–Crippen LogP) is 9.35. The summed E-state index contributed by atoms with van der Waals surface area (Å²) in [5.74, 6) is 0.134. The van der Waals surface area contributed by atoms with Gasteiger partial charge in [-0.3, -0.25) is 9.59 Å². The predicted molar refractivity (Wildman–Crippen MR) is 177 cm³/mol. The fourth-order valence-corrected chi connectivity index (χ4v) is 4.95. The maximum absolute atomic E-state index is 12.1. The Morgan fingerprint density at radius 1 is 0.721 bits per heavy atom. The van der Waals surface area contributed by atoms with Gasteiger partial charge in [0.25, 0.3) is 0 Å². The molecule has 0 aromatic carbocycles. The van der Waals surface area contributed by atoms with Gasteiger partial charge in [0.2, 0.25) is 0 Å². The summed E-state index contributed by atoms with van der Waals surface area (Å²) >= 11 is 0. The third-order valence-electron chi connectivity index (χ3n) is 7.77. The molecule has 0 spiro atoms. The minimum atomic E-state index is -0.801. The van der Waals surface area contributed by atoms with Crippen LogP contribution in [0.4, 0.5) is 0 Å². The Hall–Kier alpha value is -1.92. The number of esters is 2. The summed E-state index contributed by atoms with van der Waals surface area (Å²) in [6.45, 7) is 6.34. The van der Waals surface area contributed by atoms with Crippen LogP contribution in [-0.4, -0.2) is 48.6 Å². The number of rotatable bonds is 29. The molecule has 0 bridgehead atoms. The normalized spacial score (nSPS) is 17.4. The number of hydrogen-bond donors (Lipinski definition) is 1. The van der Waals surface area contributed by atoms with Crippen LogP contribution < -0.4 is 0 Å². The van der Waals surface area contributed by atoms with Crippen LogP contribution in [0, 0.1) is 5.92 Å². The van der Waals surface area contributed by atoms with Gasteiger partial charge in [0.15, 0.2) is 6.10 Å². The number of allylic oxidation sites excluding steroid dienone is 4. The number of carbonyl (C=O) groups excluding carboxylic acids is 2. The van der Waals surface area contributed by atoms with Crippen molar-refractivity contribution in [2.45, 2.75) is 167 Å². The monoisotopic (exact) mass is 604 g/mol. The molecule has 6 nitrogen and oxygen atoms in total. The van der Waals surface area contributed by atoms with Gasteiger partial charge in [-0.15, -0.1) is 0 Å². The van der Waals surface area contributed by atoms with Gasteiger partial charge in [0.05, 0.1) is 18.8 Å². The van der Waals surface area contributed by atoms with E-state index >= 15 is 0 Å². The lowest BCUT2D eigenvalue weighted by molar-refractivity contribution is -0.161. The Morgan fingerprint density at radius 3 is 1.98 bits per heavy atom. The first-order valence-electron chi connectivity index (χ1n) is 17.5. The van der Waals surface area contributed by atoms with E-state index in [9.17, 15) is 14.7 Å². The Labute approximate surface area is 263 Å². The van der Waals surface area contributed by atoms with Crippen LogP contribution >= 0.6 is 0 Å². The van der Waals surface area contributed by atoms with Crippen LogP contribution in [0.3, 0.4) is 0 Å². The maximum atomic E-state index is 12.1. The lowest BCUT2D eigenvalue weighted by Gasteiger charge is -2.15. The zero-order valence-electron chi connectivity index (χ0n) is 27.8. The van der Waals surface area contributed by atoms with E-state index in [1.165, 1.54) is 64.2 Å². The summed E-state index contributed by atoms with van der Waals surface area (Å²) in [4.78, 5) is 24.1. The molecule has 1 saturated heterocycles. The van der Waals surface area contributed by atoms with E-state index in [0.29, 0.717) is 25.0 Å². The fraction of sp³-hybridized carbons (Fsp3) is 0.784. The average molecular weight is 605 g/mol. The van der Waals surface area contributed by atoms with Crippen molar-refractivity contribution in [3.8, 4) is 0 Å². The molecule has 0 saturated carbocycles. The van der Waals surface area contributed by atoms with Gasteiger partial charge in [0.1, 0.15) is 6.61 Å². The molecule has 248 valence electrons. The Bertz CT molecular complexity index is 771.